The lowest BCUT2D eigenvalue weighted by molar-refractivity contribution is -0.138. The van der Waals surface area contributed by atoms with Gasteiger partial charge in [-0.25, -0.2) is 4.98 Å². The van der Waals surface area contributed by atoms with E-state index in [9.17, 15) is 4.79 Å². The van der Waals surface area contributed by atoms with Gasteiger partial charge in [0.2, 0.25) is 5.91 Å². The van der Waals surface area contributed by atoms with Crippen LogP contribution in [0.15, 0.2) is 36.7 Å². The van der Waals surface area contributed by atoms with Crippen LogP contribution in [-0.2, 0) is 11.8 Å². The third-order valence-corrected chi connectivity index (χ3v) is 7.38. The highest BCUT2D eigenvalue weighted by atomic mass is 16.5. The molecule has 0 saturated heterocycles. The highest BCUT2D eigenvalue weighted by Crippen LogP contribution is 2.56. The van der Waals surface area contributed by atoms with Crippen LogP contribution in [0.4, 0.5) is 0 Å². The van der Waals surface area contributed by atoms with Gasteiger partial charge in [-0.3, -0.25) is 4.79 Å². The predicted octanol–water partition coefficient (Wildman–Crippen LogP) is 3.71. The van der Waals surface area contributed by atoms with Crippen molar-refractivity contribution in [2.45, 2.75) is 38.1 Å². The lowest BCUT2D eigenvalue weighted by atomic mass is 9.51. The number of hydrogen-bond acceptors (Lipinski definition) is 3. The quantitative estimate of drug-likeness (QED) is 0.862. The molecule has 4 bridgehead atoms. The maximum atomic E-state index is 13.5. The van der Waals surface area contributed by atoms with Crippen molar-refractivity contribution in [2.75, 3.05) is 7.11 Å². The van der Waals surface area contributed by atoms with Crippen molar-refractivity contribution in [1.29, 1.82) is 0 Å². The Bertz CT molecular complexity index is 829. The number of methoxy groups -OCH3 is 1. The molecule has 6 rings (SSSR count). The summed E-state index contributed by atoms with van der Waals surface area (Å²) in [5.41, 5.74) is 1.03. The molecule has 4 aliphatic rings. The molecule has 0 spiro atoms. The zero-order valence-corrected chi connectivity index (χ0v) is 16.7. The molecule has 1 unspecified atom stereocenters. The van der Waals surface area contributed by atoms with E-state index >= 15 is 0 Å². The van der Waals surface area contributed by atoms with Gasteiger partial charge in [0.25, 0.3) is 0 Å². The summed E-state index contributed by atoms with van der Waals surface area (Å²) in [5.74, 6) is 4.98. The van der Waals surface area contributed by atoms with Crippen LogP contribution in [-0.4, -0.2) is 22.6 Å². The Morgan fingerprint density at radius 3 is 2.29 bits per heavy atom. The second-order valence-corrected chi connectivity index (χ2v) is 9.07. The zero-order valence-electron chi connectivity index (χ0n) is 16.7. The van der Waals surface area contributed by atoms with Crippen molar-refractivity contribution in [2.24, 2.45) is 36.6 Å². The lowest BCUT2D eigenvalue weighted by Crippen LogP contribution is -2.51. The third kappa shape index (κ3) is 3.01. The second kappa shape index (κ2) is 6.94. The molecule has 4 fully saturated rings. The molecular weight excluding hydrogens is 350 g/mol. The minimum absolute atomic E-state index is 0.175. The first-order valence-corrected chi connectivity index (χ1v) is 10.5. The number of carbonyl (C=O) groups is 1. The summed E-state index contributed by atoms with van der Waals surface area (Å²) in [5, 5.41) is 3.38. The number of carbonyl (C=O) groups excluding carboxylic acids is 1. The number of amides is 1. The second-order valence-electron chi connectivity index (χ2n) is 9.07. The number of nitrogens with zero attached hydrogens (tertiary/aromatic N) is 2. The van der Waals surface area contributed by atoms with E-state index in [2.05, 4.69) is 10.3 Å². The fourth-order valence-electron chi connectivity index (χ4n) is 6.34. The molecule has 1 amide bonds. The summed E-state index contributed by atoms with van der Waals surface area (Å²) in [7, 11) is 3.65. The van der Waals surface area contributed by atoms with Gasteiger partial charge in [-0.2, -0.15) is 0 Å². The number of ether oxygens (including phenoxy) is 1. The van der Waals surface area contributed by atoms with E-state index in [-0.39, 0.29) is 17.9 Å². The van der Waals surface area contributed by atoms with Gasteiger partial charge in [0.1, 0.15) is 17.6 Å². The highest BCUT2D eigenvalue weighted by molar-refractivity contribution is 5.80. The van der Waals surface area contributed by atoms with Crippen molar-refractivity contribution in [3.63, 3.8) is 0 Å². The first-order valence-electron chi connectivity index (χ1n) is 10.5. The number of benzene rings is 1. The molecule has 1 heterocycles. The molecule has 1 aromatic heterocycles. The Morgan fingerprint density at radius 1 is 1.11 bits per heavy atom. The molecule has 0 aliphatic heterocycles. The van der Waals surface area contributed by atoms with Crippen molar-refractivity contribution in [3.05, 3.63) is 48.0 Å². The summed E-state index contributed by atoms with van der Waals surface area (Å²) in [6, 6.07) is 7.70. The molecule has 28 heavy (non-hydrogen) atoms. The molecular formula is C23H29N3O2. The van der Waals surface area contributed by atoms with E-state index in [1.165, 1.54) is 32.1 Å². The molecule has 1 N–H and O–H groups in total. The Balaban J connectivity index is 1.41. The highest BCUT2D eigenvalue weighted by Gasteiger charge is 2.51. The molecule has 148 valence electrons. The van der Waals surface area contributed by atoms with Crippen LogP contribution in [0.25, 0.3) is 0 Å². The Hall–Kier alpha value is -2.30. The normalized spacial score (nSPS) is 31.6. The molecule has 5 heteroatoms. The van der Waals surface area contributed by atoms with E-state index < -0.39 is 0 Å². The Labute approximate surface area is 166 Å². The Morgan fingerprint density at radius 2 is 1.75 bits per heavy atom. The van der Waals surface area contributed by atoms with Gasteiger partial charge < -0.3 is 14.6 Å². The van der Waals surface area contributed by atoms with Gasteiger partial charge in [0.05, 0.1) is 7.11 Å². The standard InChI is InChI=1S/C23H29N3O2/c1-26-8-7-24-22(26)21(16-3-5-19(28-2)6-4-16)25-23(27)20-17-10-14-9-15(12-17)13-18(20)11-14/h3-8,14-15,17-18,20-21H,9-13H2,1-2H3,(H,25,27). The van der Waals surface area contributed by atoms with Gasteiger partial charge in [-0.1, -0.05) is 12.1 Å². The van der Waals surface area contributed by atoms with Crippen molar-refractivity contribution < 1.29 is 9.53 Å². The first kappa shape index (κ1) is 17.8. The topological polar surface area (TPSA) is 56.1 Å². The monoisotopic (exact) mass is 379 g/mol. The molecule has 5 nitrogen and oxygen atoms in total. The third-order valence-electron chi connectivity index (χ3n) is 7.38. The van der Waals surface area contributed by atoms with Crippen molar-refractivity contribution in [3.8, 4) is 5.75 Å². The molecule has 1 aromatic carbocycles. The van der Waals surface area contributed by atoms with E-state index in [1.807, 2.05) is 42.1 Å². The molecule has 2 aromatic rings. The maximum absolute atomic E-state index is 13.5. The van der Waals surface area contributed by atoms with E-state index in [0.717, 1.165) is 29.0 Å². The molecule has 0 radical (unpaired) electrons. The van der Waals surface area contributed by atoms with Crippen LogP contribution >= 0.6 is 0 Å². The minimum Gasteiger partial charge on any atom is -0.497 e. The van der Waals surface area contributed by atoms with Crippen LogP contribution in [0, 0.1) is 29.6 Å². The van der Waals surface area contributed by atoms with E-state index in [4.69, 9.17) is 4.74 Å². The number of nitrogens with one attached hydrogen (secondary N) is 1. The molecule has 4 aliphatic carbocycles. The number of imidazole rings is 1. The first-order chi connectivity index (χ1) is 13.6. The fraction of sp³-hybridized carbons (Fsp3) is 0.565. The fourth-order valence-corrected chi connectivity index (χ4v) is 6.34. The van der Waals surface area contributed by atoms with Crippen LogP contribution in [0.5, 0.6) is 5.75 Å². The van der Waals surface area contributed by atoms with E-state index in [0.29, 0.717) is 11.8 Å². The average Bonchev–Trinajstić information content (AvgIpc) is 3.11. The number of rotatable bonds is 5. The van der Waals surface area contributed by atoms with Gasteiger partial charge in [-0.15, -0.1) is 0 Å². The summed E-state index contributed by atoms with van der Waals surface area (Å²) >= 11 is 0. The number of aromatic nitrogens is 2. The van der Waals surface area contributed by atoms with Crippen LogP contribution in [0.3, 0.4) is 0 Å². The largest absolute Gasteiger partial charge is 0.497 e. The number of aryl methyl sites for hydroxylation is 1. The summed E-state index contributed by atoms with van der Waals surface area (Å²) in [4.78, 5) is 18.0. The van der Waals surface area contributed by atoms with Crippen molar-refractivity contribution >= 4 is 5.91 Å². The summed E-state index contributed by atoms with van der Waals surface area (Å²) < 4.78 is 7.29. The van der Waals surface area contributed by atoms with Gasteiger partial charge in [0, 0.05) is 25.4 Å². The smallest absolute Gasteiger partial charge is 0.224 e. The zero-order chi connectivity index (χ0) is 19.3. The predicted molar refractivity (Wildman–Crippen MR) is 107 cm³/mol. The van der Waals surface area contributed by atoms with Crippen molar-refractivity contribution in [1.82, 2.24) is 14.9 Å². The van der Waals surface area contributed by atoms with Crippen LogP contribution in [0.1, 0.15) is 49.5 Å². The van der Waals surface area contributed by atoms with Crippen LogP contribution in [0.2, 0.25) is 0 Å². The average molecular weight is 380 g/mol. The number of hydrogen-bond donors (Lipinski definition) is 1. The molecule has 1 atom stereocenters. The summed E-state index contributed by atoms with van der Waals surface area (Å²) in [6.45, 7) is 0. The van der Waals surface area contributed by atoms with E-state index in [1.54, 1.807) is 13.3 Å². The maximum Gasteiger partial charge on any atom is 0.224 e. The van der Waals surface area contributed by atoms with Gasteiger partial charge in [0.15, 0.2) is 0 Å². The molecule has 4 saturated carbocycles. The Kier molecular flexibility index (Phi) is 4.41. The van der Waals surface area contributed by atoms with Gasteiger partial charge >= 0.3 is 0 Å². The van der Waals surface area contributed by atoms with Gasteiger partial charge in [-0.05, 0) is 73.5 Å². The SMILES string of the molecule is COc1ccc(C(NC(=O)C2C3CC4CC(C3)CC2C4)c2nccn2C)cc1. The summed E-state index contributed by atoms with van der Waals surface area (Å²) in [6.07, 6.45) is 10.1. The lowest BCUT2D eigenvalue weighted by Gasteiger charge is -2.53. The minimum atomic E-state index is -0.240. The van der Waals surface area contributed by atoms with Crippen LogP contribution < -0.4 is 10.1 Å².